The van der Waals surface area contributed by atoms with Crippen LogP contribution in [0.1, 0.15) is 60.3 Å². The molecule has 1 aliphatic rings. The second-order valence-corrected chi connectivity index (χ2v) is 7.39. The summed E-state index contributed by atoms with van der Waals surface area (Å²) in [5, 5.41) is 3.31. The Morgan fingerprint density at radius 3 is 2.38 bits per heavy atom. The third-order valence-electron chi connectivity index (χ3n) is 4.79. The van der Waals surface area contributed by atoms with Gasteiger partial charge in [0.1, 0.15) is 5.54 Å². The molecule has 124 valence electrons. The molecule has 4 nitrogen and oxygen atoms in total. The van der Waals surface area contributed by atoms with Gasteiger partial charge in [0.05, 0.1) is 6.61 Å². The molecule has 0 radical (unpaired) electrons. The van der Waals surface area contributed by atoms with Gasteiger partial charge in [0, 0.05) is 12.6 Å². The van der Waals surface area contributed by atoms with Crippen LogP contribution < -0.4 is 5.32 Å². The summed E-state index contributed by atoms with van der Waals surface area (Å²) >= 11 is 0. The highest BCUT2D eigenvalue weighted by molar-refractivity contribution is 5.80. The minimum absolute atomic E-state index is 0.144. The summed E-state index contributed by atoms with van der Waals surface area (Å²) in [5.74, 6) is -0.144. The number of nitrogens with one attached hydrogen (secondary N) is 1. The number of ether oxygens (including phenoxy) is 1. The molecule has 1 saturated carbocycles. The first-order valence-electron chi connectivity index (χ1n) is 8.36. The van der Waals surface area contributed by atoms with Crippen molar-refractivity contribution in [2.75, 3.05) is 26.7 Å². The molecule has 0 aromatic rings. The van der Waals surface area contributed by atoms with Crippen LogP contribution in [0.5, 0.6) is 0 Å². The van der Waals surface area contributed by atoms with E-state index in [0.29, 0.717) is 24.6 Å². The predicted octanol–water partition coefficient (Wildman–Crippen LogP) is 2.82. The lowest BCUT2D eigenvalue weighted by molar-refractivity contribution is -0.151. The molecule has 0 spiro atoms. The highest BCUT2D eigenvalue weighted by atomic mass is 16.5. The third-order valence-corrected chi connectivity index (χ3v) is 4.79. The second kappa shape index (κ2) is 7.59. The van der Waals surface area contributed by atoms with E-state index in [1.165, 1.54) is 25.7 Å². The maximum absolute atomic E-state index is 12.3. The fourth-order valence-electron chi connectivity index (χ4n) is 3.33. The molecule has 1 atom stereocenters. The average Bonchev–Trinajstić information content (AvgIpc) is 2.38. The predicted molar refractivity (Wildman–Crippen MR) is 87.4 cm³/mol. The second-order valence-electron chi connectivity index (χ2n) is 7.39. The van der Waals surface area contributed by atoms with Crippen LogP contribution in [0.3, 0.4) is 0 Å². The van der Waals surface area contributed by atoms with Crippen LogP contribution in [0.25, 0.3) is 0 Å². The zero-order chi connectivity index (χ0) is 16.1. The standard InChI is InChI=1S/C17H34N2O2/c1-7-18-17(5,15(20)21-8-2)13-19(6)14-9-11-16(3,4)12-10-14/h14,18H,7-13H2,1-6H3. The van der Waals surface area contributed by atoms with Gasteiger partial charge < -0.3 is 15.0 Å². The van der Waals surface area contributed by atoms with E-state index in [9.17, 15) is 4.79 Å². The number of carbonyl (C=O) groups excluding carboxylic acids is 1. The summed E-state index contributed by atoms with van der Waals surface area (Å²) in [6.45, 7) is 12.4. The molecule has 0 saturated heterocycles. The molecule has 0 aromatic heterocycles. The minimum Gasteiger partial charge on any atom is -0.465 e. The van der Waals surface area contributed by atoms with E-state index in [1.54, 1.807) is 0 Å². The average molecular weight is 298 g/mol. The van der Waals surface area contributed by atoms with Gasteiger partial charge in [-0.2, -0.15) is 0 Å². The quantitative estimate of drug-likeness (QED) is 0.734. The molecular weight excluding hydrogens is 264 g/mol. The van der Waals surface area contributed by atoms with Gasteiger partial charge in [0.25, 0.3) is 0 Å². The van der Waals surface area contributed by atoms with Crippen molar-refractivity contribution < 1.29 is 9.53 Å². The summed E-state index contributed by atoms with van der Waals surface area (Å²) in [7, 11) is 2.14. The molecule has 4 heteroatoms. The van der Waals surface area contributed by atoms with E-state index < -0.39 is 5.54 Å². The summed E-state index contributed by atoms with van der Waals surface area (Å²) in [6.07, 6.45) is 4.96. The Morgan fingerprint density at radius 1 is 1.33 bits per heavy atom. The summed E-state index contributed by atoms with van der Waals surface area (Å²) in [6, 6.07) is 0.574. The molecule has 1 N–H and O–H groups in total. The largest absolute Gasteiger partial charge is 0.465 e. The Balaban J connectivity index is 2.64. The number of rotatable bonds is 7. The maximum Gasteiger partial charge on any atom is 0.327 e. The van der Waals surface area contributed by atoms with E-state index in [2.05, 4.69) is 31.1 Å². The fourth-order valence-corrected chi connectivity index (χ4v) is 3.33. The third kappa shape index (κ3) is 5.26. The molecule has 1 unspecified atom stereocenters. The van der Waals surface area contributed by atoms with Crippen molar-refractivity contribution in [1.29, 1.82) is 0 Å². The number of carbonyl (C=O) groups is 1. The molecule has 0 bridgehead atoms. The number of esters is 1. The van der Waals surface area contributed by atoms with E-state index in [0.717, 1.165) is 6.54 Å². The van der Waals surface area contributed by atoms with Gasteiger partial charge in [0.15, 0.2) is 0 Å². The number of nitrogens with zero attached hydrogens (tertiary/aromatic N) is 1. The Bertz CT molecular complexity index is 334. The number of hydrogen-bond donors (Lipinski definition) is 1. The van der Waals surface area contributed by atoms with Crippen molar-refractivity contribution in [3.63, 3.8) is 0 Å². The van der Waals surface area contributed by atoms with Crippen molar-refractivity contribution in [3.8, 4) is 0 Å². The zero-order valence-corrected chi connectivity index (χ0v) is 14.8. The lowest BCUT2D eigenvalue weighted by Gasteiger charge is -2.41. The monoisotopic (exact) mass is 298 g/mol. The van der Waals surface area contributed by atoms with Gasteiger partial charge in [-0.3, -0.25) is 4.79 Å². The lowest BCUT2D eigenvalue weighted by Crippen LogP contribution is -2.58. The molecule has 0 heterocycles. The first kappa shape index (κ1) is 18.4. The van der Waals surface area contributed by atoms with Crippen molar-refractivity contribution in [1.82, 2.24) is 10.2 Å². The van der Waals surface area contributed by atoms with Crippen molar-refractivity contribution in [2.45, 2.75) is 71.9 Å². The Labute approximate surface area is 130 Å². The fraction of sp³-hybridized carbons (Fsp3) is 0.941. The van der Waals surface area contributed by atoms with Crippen molar-refractivity contribution >= 4 is 5.97 Å². The molecule has 1 aliphatic carbocycles. The van der Waals surface area contributed by atoms with Crippen LogP contribution in [-0.2, 0) is 9.53 Å². The summed E-state index contributed by atoms with van der Waals surface area (Å²) < 4.78 is 5.25. The SMILES string of the molecule is CCNC(C)(CN(C)C1CCC(C)(C)CC1)C(=O)OCC. The van der Waals surface area contributed by atoms with Crippen molar-refractivity contribution in [2.24, 2.45) is 5.41 Å². The van der Waals surface area contributed by atoms with Gasteiger partial charge in [-0.1, -0.05) is 20.8 Å². The smallest absolute Gasteiger partial charge is 0.327 e. The highest BCUT2D eigenvalue weighted by Crippen LogP contribution is 2.36. The van der Waals surface area contributed by atoms with Gasteiger partial charge in [0.2, 0.25) is 0 Å². The number of hydrogen-bond acceptors (Lipinski definition) is 4. The van der Waals surface area contributed by atoms with Gasteiger partial charge in [-0.05, 0) is 58.5 Å². The number of likely N-dealkylation sites (N-methyl/N-ethyl adjacent to an activating group) is 2. The van der Waals surface area contributed by atoms with E-state index in [1.807, 2.05) is 20.8 Å². The van der Waals surface area contributed by atoms with Crippen LogP contribution in [0, 0.1) is 5.41 Å². The highest BCUT2D eigenvalue weighted by Gasteiger charge is 2.37. The molecule has 0 aromatic carbocycles. The topological polar surface area (TPSA) is 41.6 Å². The van der Waals surface area contributed by atoms with E-state index >= 15 is 0 Å². The van der Waals surface area contributed by atoms with Gasteiger partial charge in [-0.15, -0.1) is 0 Å². The van der Waals surface area contributed by atoms with Crippen LogP contribution in [0.4, 0.5) is 0 Å². The van der Waals surface area contributed by atoms with Crippen LogP contribution in [0.2, 0.25) is 0 Å². The van der Waals surface area contributed by atoms with E-state index in [4.69, 9.17) is 4.74 Å². The molecule has 1 rings (SSSR count). The normalized spacial score (nSPS) is 22.0. The van der Waals surface area contributed by atoms with Crippen LogP contribution in [-0.4, -0.2) is 49.2 Å². The summed E-state index contributed by atoms with van der Waals surface area (Å²) in [4.78, 5) is 14.6. The van der Waals surface area contributed by atoms with Crippen molar-refractivity contribution in [3.05, 3.63) is 0 Å². The Morgan fingerprint density at radius 2 is 1.90 bits per heavy atom. The Kier molecular flexibility index (Phi) is 6.67. The zero-order valence-electron chi connectivity index (χ0n) is 14.8. The van der Waals surface area contributed by atoms with Crippen LogP contribution in [0.15, 0.2) is 0 Å². The molecule has 21 heavy (non-hydrogen) atoms. The van der Waals surface area contributed by atoms with Gasteiger partial charge >= 0.3 is 5.97 Å². The molecule has 0 aliphatic heterocycles. The first-order chi connectivity index (χ1) is 9.74. The van der Waals surface area contributed by atoms with Gasteiger partial charge in [-0.25, -0.2) is 0 Å². The summed E-state index contributed by atoms with van der Waals surface area (Å²) in [5.41, 5.74) is -0.143. The van der Waals surface area contributed by atoms with Crippen LogP contribution >= 0.6 is 0 Å². The first-order valence-corrected chi connectivity index (χ1v) is 8.36. The van der Waals surface area contributed by atoms with E-state index in [-0.39, 0.29) is 5.97 Å². The Hall–Kier alpha value is -0.610. The molecule has 1 fully saturated rings. The minimum atomic E-state index is -0.619. The lowest BCUT2D eigenvalue weighted by atomic mass is 9.75. The molecule has 0 amide bonds. The molecular formula is C17H34N2O2. The maximum atomic E-state index is 12.3.